The summed E-state index contributed by atoms with van der Waals surface area (Å²) in [6.45, 7) is 7.11. The van der Waals surface area contributed by atoms with Crippen LogP contribution in [0.2, 0.25) is 0 Å². The molecule has 0 radical (unpaired) electrons. The fourth-order valence-electron chi connectivity index (χ4n) is 3.10. The van der Waals surface area contributed by atoms with Crippen LogP contribution >= 0.6 is 0 Å². The highest BCUT2D eigenvalue weighted by molar-refractivity contribution is 5.79. The Hall–Kier alpha value is -3.48. The molecule has 0 amide bonds. The van der Waals surface area contributed by atoms with E-state index in [9.17, 15) is 18.0 Å². The van der Waals surface area contributed by atoms with Gasteiger partial charge in [-0.1, -0.05) is 36.4 Å². The van der Waals surface area contributed by atoms with Gasteiger partial charge in [-0.15, -0.1) is 0 Å². The molecule has 0 N–H and O–H groups in total. The van der Waals surface area contributed by atoms with E-state index in [0.29, 0.717) is 22.8 Å². The molecule has 0 aliphatic heterocycles. The van der Waals surface area contributed by atoms with Crippen LogP contribution in [0.3, 0.4) is 0 Å². The van der Waals surface area contributed by atoms with Gasteiger partial charge in [0, 0.05) is 11.1 Å². The van der Waals surface area contributed by atoms with Crippen molar-refractivity contribution in [2.75, 3.05) is 6.61 Å². The van der Waals surface area contributed by atoms with Gasteiger partial charge in [0.15, 0.2) is 5.60 Å². The van der Waals surface area contributed by atoms with Crippen LogP contribution in [0.4, 0.5) is 13.2 Å². The molecule has 0 spiro atoms. The Kier molecular flexibility index (Phi) is 7.01. The Bertz CT molecular complexity index is 1120. The van der Waals surface area contributed by atoms with Crippen molar-refractivity contribution in [2.45, 2.75) is 39.5 Å². The van der Waals surface area contributed by atoms with Gasteiger partial charge in [0.25, 0.3) is 0 Å². The number of carbonyl (C=O) groups excluding carboxylic acids is 1. The number of hydrogen-bond acceptors (Lipinski definition) is 4. The molecule has 0 fully saturated rings. The zero-order valence-electron chi connectivity index (χ0n) is 18.8. The monoisotopic (exact) mass is 458 g/mol. The van der Waals surface area contributed by atoms with Crippen molar-refractivity contribution in [3.63, 3.8) is 0 Å². The Morgan fingerprint density at radius 3 is 2.21 bits per heavy atom. The number of carbonyl (C=O) groups is 1. The number of halogens is 3. The third-order valence-corrected chi connectivity index (χ3v) is 4.93. The highest BCUT2D eigenvalue weighted by Gasteiger charge is 2.31. The highest BCUT2D eigenvalue weighted by atomic mass is 19.4. The molecule has 0 aliphatic carbocycles. The number of aryl methyl sites for hydroxylation is 1. The van der Waals surface area contributed by atoms with Gasteiger partial charge >= 0.3 is 12.1 Å². The summed E-state index contributed by atoms with van der Waals surface area (Å²) in [4.78, 5) is 12.0. The van der Waals surface area contributed by atoms with Crippen LogP contribution in [0.15, 0.2) is 59.0 Å². The van der Waals surface area contributed by atoms with Crippen LogP contribution in [0.1, 0.15) is 43.2 Å². The number of ether oxygens (including phenoxy) is 2. The predicted octanol–water partition coefficient (Wildman–Crippen LogP) is 7.16. The van der Waals surface area contributed by atoms with E-state index < -0.39 is 23.3 Å². The van der Waals surface area contributed by atoms with Crippen molar-refractivity contribution in [1.29, 1.82) is 0 Å². The number of esters is 1. The standard InChI is InChI=1S/C26H25F3O4/c1-5-31-24(30)25(3,4)33-22-14-7-18(8-15-22)6-9-20-16-23(32-17(20)2)19-10-12-21(13-11-19)26(27,28)29/h6-16H,5H2,1-4H3/b9-6+. The van der Waals surface area contributed by atoms with E-state index in [1.54, 1.807) is 45.9 Å². The lowest BCUT2D eigenvalue weighted by Crippen LogP contribution is -2.39. The van der Waals surface area contributed by atoms with Crippen molar-refractivity contribution in [3.8, 4) is 17.1 Å². The number of hydrogen-bond donors (Lipinski definition) is 0. The molecule has 0 unspecified atom stereocenters. The van der Waals surface area contributed by atoms with Crippen molar-refractivity contribution in [1.82, 2.24) is 0 Å². The normalized spacial score (nSPS) is 12.2. The van der Waals surface area contributed by atoms with Crippen LogP contribution in [-0.2, 0) is 15.7 Å². The first kappa shape index (κ1) is 24.2. The largest absolute Gasteiger partial charge is 0.476 e. The molecule has 1 aromatic heterocycles. The Balaban J connectivity index is 1.70. The minimum absolute atomic E-state index is 0.281. The first-order chi connectivity index (χ1) is 15.5. The van der Waals surface area contributed by atoms with Crippen LogP contribution in [-0.4, -0.2) is 18.2 Å². The zero-order chi connectivity index (χ0) is 24.2. The van der Waals surface area contributed by atoms with Gasteiger partial charge in [0.05, 0.1) is 12.2 Å². The molecule has 33 heavy (non-hydrogen) atoms. The summed E-state index contributed by atoms with van der Waals surface area (Å²) in [6.07, 6.45) is -0.625. The Labute approximate surface area is 190 Å². The van der Waals surface area contributed by atoms with Gasteiger partial charge in [-0.25, -0.2) is 4.79 Å². The predicted molar refractivity (Wildman–Crippen MR) is 121 cm³/mol. The lowest BCUT2D eigenvalue weighted by molar-refractivity contribution is -0.158. The van der Waals surface area contributed by atoms with Gasteiger partial charge in [-0.05, 0) is 63.6 Å². The van der Waals surface area contributed by atoms with Crippen molar-refractivity contribution in [2.24, 2.45) is 0 Å². The lowest BCUT2D eigenvalue weighted by Gasteiger charge is -2.24. The van der Waals surface area contributed by atoms with Crippen molar-refractivity contribution < 1.29 is 31.9 Å². The van der Waals surface area contributed by atoms with E-state index in [0.717, 1.165) is 23.3 Å². The molecule has 174 valence electrons. The fourth-order valence-corrected chi connectivity index (χ4v) is 3.10. The van der Waals surface area contributed by atoms with Gasteiger partial charge in [0.2, 0.25) is 0 Å². The summed E-state index contributed by atoms with van der Waals surface area (Å²) < 4.78 is 54.8. The number of furan rings is 1. The van der Waals surface area contributed by atoms with E-state index in [1.807, 2.05) is 24.3 Å². The van der Waals surface area contributed by atoms with Crippen LogP contribution in [0.5, 0.6) is 5.75 Å². The molecule has 0 aliphatic rings. The average molecular weight is 458 g/mol. The third kappa shape index (κ3) is 6.06. The zero-order valence-corrected chi connectivity index (χ0v) is 18.8. The SMILES string of the molecule is CCOC(=O)C(C)(C)Oc1ccc(/C=C/c2cc(-c3ccc(C(F)(F)F)cc3)oc2C)cc1. The second-order valence-corrected chi connectivity index (χ2v) is 7.93. The smallest absolute Gasteiger partial charge is 0.416 e. The molecule has 0 saturated carbocycles. The maximum absolute atomic E-state index is 12.8. The minimum atomic E-state index is -4.37. The first-order valence-electron chi connectivity index (χ1n) is 10.4. The molecule has 3 rings (SSSR count). The topological polar surface area (TPSA) is 48.7 Å². The molecule has 1 heterocycles. The third-order valence-electron chi connectivity index (χ3n) is 4.93. The molecule has 7 heteroatoms. The second kappa shape index (κ2) is 9.57. The molecule has 3 aromatic rings. The first-order valence-corrected chi connectivity index (χ1v) is 10.4. The van der Waals surface area contributed by atoms with Crippen molar-refractivity contribution in [3.05, 3.63) is 77.0 Å². The summed E-state index contributed by atoms with van der Waals surface area (Å²) >= 11 is 0. The van der Waals surface area contributed by atoms with E-state index >= 15 is 0 Å². The van der Waals surface area contributed by atoms with E-state index in [2.05, 4.69) is 0 Å². The van der Waals surface area contributed by atoms with Crippen LogP contribution in [0.25, 0.3) is 23.5 Å². The van der Waals surface area contributed by atoms with Crippen LogP contribution < -0.4 is 4.74 Å². The van der Waals surface area contributed by atoms with Gasteiger partial charge in [-0.3, -0.25) is 0 Å². The highest BCUT2D eigenvalue weighted by Crippen LogP contribution is 2.32. The summed E-state index contributed by atoms with van der Waals surface area (Å²) in [6, 6.07) is 13.9. The Morgan fingerprint density at radius 1 is 1.00 bits per heavy atom. The van der Waals surface area contributed by atoms with Crippen LogP contribution in [0, 0.1) is 6.92 Å². The summed E-state index contributed by atoms with van der Waals surface area (Å²) in [5, 5.41) is 0. The molecule has 0 saturated heterocycles. The van der Waals surface area contributed by atoms with Gasteiger partial charge < -0.3 is 13.9 Å². The molecule has 0 bridgehead atoms. The molecular weight excluding hydrogens is 433 g/mol. The summed E-state index contributed by atoms with van der Waals surface area (Å²) in [7, 11) is 0. The molecule has 4 nitrogen and oxygen atoms in total. The van der Waals surface area contributed by atoms with Gasteiger partial charge in [0.1, 0.15) is 17.3 Å². The fraction of sp³-hybridized carbons (Fsp3) is 0.269. The van der Waals surface area contributed by atoms with E-state index in [-0.39, 0.29) is 6.61 Å². The van der Waals surface area contributed by atoms with Gasteiger partial charge in [-0.2, -0.15) is 13.2 Å². The van der Waals surface area contributed by atoms with E-state index in [1.165, 1.54) is 12.1 Å². The molecule has 0 atom stereocenters. The summed E-state index contributed by atoms with van der Waals surface area (Å²) in [5.41, 5.74) is 0.474. The molecular formula is C26H25F3O4. The van der Waals surface area contributed by atoms with Crippen molar-refractivity contribution >= 4 is 18.1 Å². The maximum atomic E-state index is 12.8. The lowest BCUT2D eigenvalue weighted by atomic mass is 10.1. The Morgan fingerprint density at radius 2 is 1.64 bits per heavy atom. The quantitative estimate of drug-likeness (QED) is 0.352. The van der Waals surface area contributed by atoms with E-state index in [4.69, 9.17) is 13.9 Å². The minimum Gasteiger partial charge on any atom is -0.476 e. The molecule has 2 aromatic carbocycles. The number of alkyl halides is 3. The average Bonchev–Trinajstić information content (AvgIpc) is 3.13. The maximum Gasteiger partial charge on any atom is 0.416 e. The second-order valence-electron chi connectivity index (χ2n) is 7.93. The summed E-state index contributed by atoms with van der Waals surface area (Å²) in [5.74, 6) is 1.24. The number of benzene rings is 2. The number of rotatable bonds is 7.